The number of halogens is 2. The molecule has 3 amide bonds. The van der Waals surface area contributed by atoms with Crippen molar-refractivity contribution in [2.75, 3.05) is 11.9 Å². The molecule has 7 nitrogen and oxygen atoms in total. The number of carbonyl (C=O) groups excluding carboxylic acids is 2. The van der Waals surface area contributed by atoms with E-state index < -0.39 is 11.8 Å². The van der Waals surface area contributed by atoms with E-state index in [9.17, 15) is 14.0 Å². The molecule has 9 heteroatoms. The molecule has 0 saturated carbocycles. The number of anilines is 1. The topological polar surface area (TPSA) is 98.9 Å². The average molecular weight is 400 g/mol. The van der Waals surface area contributed by atoms with E-state index in [1.54, 1.807) is 12.1 Å². The van der Waals surface area contributed by atoms with Gasteiger partial charge in [-0.3, -0.25) is 4.79 Å². The number of hydrogen-bond donors (Lipinski definition) is 4. The summed E-state index contributed by atoms with van der Waals surface area (Å²) in [5, 5.41) is 8.92. The fraction of sp³-hybridized carbons (Fsp3) is 0.105. The summed E-state index contributed by atoms with van der Waals surface area (Å²) in [5.41, 5.74) is 2.76. The molecule has 0 saturated heterocycles. The number of H-pyrrole nitrogens is 1. The van der Waals surface area contributed by atoms with Crippen LogP contribution in [-0.2, 0) is 0 Å². The van der Waals surface area contributed by atoms with Crippen molar-refractivity contribution >= 4 is 45.7 Å². The normalized spacial score (nSPS) is 15.1. The van der Waals surface area contributed by atoms with Crippen LogP contribution in [0.1, 0.15) is 22.5 Å². The van der Waals surface area contributed by atoms with Gasteiger partial charge in [-0.2, -0.15) is 0 Å². The second-order valence-corrected chi connectivity index (χ2v) is 6.59. The molecule has 4 rings (SSSR count). The number of amides is 3. The summed E-state index contributed by atoms with van der Waals surface area (Å²) < 4.78 is 13.8. The van der Waals surface area contributed by atoms with Crippen molar-refractivity contribution in [3.8, 4) is 0 Å². The Morgan fingerprint density at radius 1 is 1.29 bits per heavy atom. The van der Waals surface area contributed by atoms with Gasteiger partial charge in [0, 0.05) is 41.1 Å². The third-order valence-corrected chi connectivity index (χ3v) is 4.56. The van der Waals surface area contributed by atoms with E-state index in [2.05, 4.69) is 25.9 Å². The molecule has 1 aliphatic heterocycles. The zero-order valence-corrected chi connectivity index (χ0v) is 15.2. The third kappa shape index (κ3) is 3.54. The average Bonchev–Trinajstić information content (AvgIpc) is 2.95. The number of urea groups is 1. The van der Waals surface area contributed by atoms with Crippen LogP contribution in [0.25, 0.3) is 16.5 Å². The van der Waals surface area contributed by atoms with E-state index in [-0.39, 0.29) is 11.1 Å². The first-order valence-electron chi connectivity index (χ1n) is 8.49. The van der Waals surface area contributed by atoms with Crippen LogP contribution in [0.5, 0.6) is 0 Å². The SMILES string of the molecule is O=C(NC=C1CCNC(=O)c2[nH]c3ccc(F)cc3c21)Nc1ccnc(Cl)c1. The Kier molecular flexibility index (Phi) is 4.70. The fourth-order valence-electron chi connectivity index (χ4n) is 3.14. The minimum atomic E-state index is -0.481. The van der Waals surface area contributed by atoms with Crippen LogP contribution in [0, 0.1) is 5.82 Å². The first kappa shape index (κ1) is 18.0. The van der Waals surface area contributed by atoms with Gasteiger partial charge < -0.3 is 20.9 Å². The van der Waals surface area contributed by atoms with Crippen LogP contribution >= 0.6 is 11.6 Å². The highest BCUT2D eigenvalue weighted by atomic mass is 35.5. The van der Waals surface area contributed by atoms with Crippen molar-refractivity contribution in [1.82, 2.24) is 20.6 Å². The number of nitrogens with one attached hydrogen (secondary N) is 4. The third-order valence-electron chi connectivity index (χ3n) is 4.35. The molecule has 0 aliphatic carbocycles. The van der Waals surface area contributed by atoms with Crippen molar-refractivity contribution in [3.05, 3.63) is 65.0 Å². The molecule has 0 spiro atoms. The second kappa shape index (κ2) is 7.32. The van der Waals surface area contributed by atoms with E-state index in [1.807, 2.05) is 0 Å². The molecular formula is C19H15ClFN5O2. The number of pyridine rings is 1. The highest BCUT2D eigenvalue weighted by Crippen LogP contribution is 2.32. The van der Waals surface area contributed by atoms with Crippen molar-refractivity contribution in [3.63, 3.8) is 0 Å². The standard InChI is InChI=1S/C19H15ClFN5O2/c20-15-8-12(4-6-22-15)25-19(28)24-9-10-3-5-23-18(27)17-16(10)13-7-11(21)1-2-14(13)26-17/h1-2,4,6-9,26H,3,5H2,(H,23,27)(H2,22,24,25,28). The van der Waals surface area contributed by atoms with Gasteiger partial charge in [0.2, 0.25) is 0 Å². The lowest BCUT2D eigenvalue weighted by atomic mass is 10.0. The van der Waals surface area contributed by atoms with Crippen LogP contribution in [-0.4, -0.2) is 28.5 Å². The number of aromatic nitrogens is 2. The van der Waals surface area contributed by atoms with E-state index in [1.165, 1.54) is 30.6 Å². The van der Waals surface area contributed by atoms with Crippen molar-refractivity contribution in [2.45, 2.75) is 6.42 Å². The van der Waals surface area contributed by atoms with Crippen molar-refractivity contribution < 1.29 is 14.0 Å². The molecule has 3 heterocycles. The van der Waals surface area contributed by atoms with Gasteiger partial charge in [-0.1, -0.05) is 11.6 Å². The molecule has 2 aromatic heterocycles. The zero-order valence-electron chi connectivity index (χ0n) is 14.5. The lowest BCUT2D eigenvalue weighted by Crippen LogP contribution is -2.24. The number of nitrogens with zero attached hydrogens (tertiary/aromatic N) is 1. The number of aromatic amines is 1. The summed E-state index contributed by atoms with van der Waals surface area (Å²) in [6.45, 7) is 0.396. The number of carbonyl (C=O) groups is 2. The lowest BCUT2D eigenvalue weighted by Gasteiger charge is -2.08. The maximum Gasteiger partial charge on any atom is 0.323 e. The maximum atomic E-state index is 13.8. The molecule has 142 valence electrons. The molecule has 0 atom stereocenters. The first-order valence-corrected chi connectivity index (χ1v) is 8.87. The van der Waals surface area contributed by atoms with Gasteiger partial charge in [0.15, 0.2) is 0 Å². The Morgan fingerprint density at radius 2 is 2.14 bits per heavy atom. The van der Waals surface area contributed by atoms with Gasteiger partial charge in [-0.05, 0) is 42.3 Å². The summed E-state index contributed by atoms with van der Waals surface area (Å²) in [4.78, 5) is 31.4. The van der Waals surface area contributed by atoms with Crippen LogP contribution in [0.4, 0.5) is 14.9 Å². The Labute approximate surface area is 164 Å². The minimum absolute atomic E-state index is 0.259. The van der Waals surface area contributed by atoms with Crippen LogP contribution in [0.3, 0.4) is 0 Å². The van der Waals surface area contributed by atoms with E-state index in [0.29, 0.717) is 46.4 Å². The van der Waals surface area contributed by atoms with E-state index in [4.69, 9.17) is 11.6 Å². The zero-order chi connectivity index (χ0) is 19.7. The lowest BCUT2D eigenvalue weighted by molar-refractivity contribution is 0.0952. The van der Waals surface area contributed by atoms with Gasteiger partial charge in [0.25, 0.3) is 5.91 Å². The summed E-state index contributed by atoms with van der Waals surface area (Å²) in [6.07, 6.45) is 3.48. The van der Waals surface area contributed by atoms with Gasteiger partial charge in [0.1, 0.15) is 16.7 Å². The Morgan fingerprint density at radius 3 is 2.96 bits per heavy atom. The van der Waals surface area contributed by atoms with Gasteiger partial charge in [-0.25, -0.2) is 14.2 Å². The Bertz CT molecular complexity index is 1120. The van der Waals surface area contributed by atoms with E-state index in [0.717, 1.165) is 0 Å². The number of fused-ring (bicyclic) bond motifs is 3. The maximum absolute atomic E-state index is 13.8. The van der Waals surface area contributed by atoms with Gasteiger partial charge in [-0.15, -0.1) is 0 Å². The van der Waals surface area contributed by atoms with Crippen LogP contribution in [0.2, 0.25) is 5.15 Å². The molecule has 1 aromatic carbocycles. The molecule has 1 aliphatic rings. The summed E-state index contributed by atoms with van der Waals surface area (Å²) in [6, 6.07) is 6.92. The predicted octanol–water partition coefficient (Wildman–Crippen LogP) is 3.65. The van der Waals surface area contributed by atoms with Crippen molar-refractivity contribution in [2.24, 2.45) is 0 Å². The number of benzene rings is 1. The molecule has 28 heavy (non-hydrogen) atoms. The van der Waals surface area contributed by atoms with Gasteiger partial charge >= 0.3 is 6.03 Å². The Hall–Kier alpha value is -3.39. The quantitative estimate of drug-likeness (QED) is 0.495. The molecule has 0 radical (unpaired) electrons. The molecule has 0 fully saturated rings. The van der Waals surface area contributed by atoms with Gasteiger partial charge in [0.05, 0.1) is 0 Å². The molecule has 0 unspecified atom stereocenters. The second-order valence-electron chi connectivity index (χ2n) is 6.21. The highest BCUT2D eigenvalue weighted by Gasteiger charge is 2.24. The summed E-state index contributed by atoms with van der Waals surface area (Å²) in [5.74, 6) is -0.676. The summed E-state index contributed by atoms with van der Waals surface area (Å²) >= 11 is 5.80. The Balaban J connectivity index is 1.65. The predicted molar refractivity (Wildman–Crippen MR) is 105 cm³/mol. The molecule has 3 aromatic rings. The number of hydrogen-bond acceptors (Lipinski definition) is 3. The monoisotopic (exact) mass is 399 g/mol. The van der Waals surface area contributed by atoms with E-state index >= 15 is 0 Å². The first-order chi connectivity index (χ1) is 13.5. The highest BCUT2D eigenvalue weighted by molar-refractivity contribution is 6.29. The molecule has 4 N–H and O–H groups in total. The smallest absolute Gasteiger partial charge is 0.323 e. The largest absolute Gasteiger partial charge is 0.350 e. The van der Waals surface area contributed by atoms with Crippen LogP contribution in [0.15, 0.2) is 42.7 Å². The molecule has 0 bridgehead atoms. The summed E-state index contributed by atoms with van der Waals surface area (Å²) in [7, 11) is 0. The fourth-order valence-corrected chi connectivity index (χ4v) is 3.31. The number of rotatable bonds is 2. The van der Waals surface area contributed by atoms with Crippen molar-refractivity contribution in [1.29, 1.82) is 0 Å². The molecular weight excluding hydrogens is 385 g/mol. The van der Waals surface area contributed by atoms with Crippen LogP contribution < -0.4 is 16.0 Å². The minimum Gasteiger partial charge on any atom is -0.350 e.